The van der Waals surface area contributed by atoms with Gasteiger partial charge in [-0.2, -0.15) is 5.10 Å². The summed E-state index contributed by atoms with van der Waals surface area (Å²) in [4.78, 5) is 12.4. The van der Waals surface area contributed by atoms with Crippen molar-refractivity contribution in [2.24, 2.45) is 0 Å². The maximum atomic E-state index is 12.4. The Morgan fingerprint density at radius 1 is 1.11 bits per heavy atom. The minimum Gasteiger partial charge on any atom is -0.334 e. The van der Waals surface area contributed by atoms with Crippen molar-refractivity contribution in [2.45, 2.75) is 39.8 Å². The van der Waals surface area contributed by atoms with Gasteiger partial charge in [-0.15, -0.1) is 10.2 Å². The molecule has 0 unspecified atom stereocenters. The van der Waals surface area contributed by atoms with Gasteiger partial charge in [-0.1, -0.05) is 29.5 Å². The first-order valence-electron chi connectivity index (χ1n) is 8.51. The number of carbonyl (C=O) groups is 1. The fraction of sp³-hybridized carbons (Fsp3) is 0.333. The van der Waals surface area contributed by atoms with Crippen LogP contribution in [0.4, 0.5) is 5.69 Å². The lowest BCUT2D eigenvalue weighted by Gasteiger charge is -2.12. The molecule has 8 nitrogen and oxygen atoms in total. The van der Waals surface area contributed by atoms with E-state index in [0.717, 1.165) is 28.2 Å². The Hall–Kier alpha value is -2.81. The first-order chi connectivity index (χ1) is 12.8. The number of nitrogen functional groups attached to an aromatic ring is 1. The Morgan fingerprint density at radius 3 is 2.37 bits per heavy atom. The minimum atomic E-state index is -0.120. The molecule has 27 heavy (non-hydrogen) atoms. The predicted octanol–water partition coefficient (Wildman–Crippen LogP) is 2.45. The summed E-state index contributed by atoms with van der Waals surface area (Å²) in [5.74, 6) is 6.57. The summed E-state index contributed by atoms with van der Waals surface area (Å²) >= 11 is 1.23. The molecular weight excluding hydrogens is 362 g/mol. The van der Waals surface area contributed by atoms with Gasteiger partial charge in [0.05, 0.1) is 11.4 Å². The topological polar surface area (TPSA) is 104 Å². The van der Waals surface area contributed by atoms with Crippen LogP contribution in [-0.4, -0.2) is 36.3 Å². The monoisotopic (exact) mass is 385 g/mol. The number of nitrogens with one attached hydrogen (secondary N) is 1. The lowest BCUT2D eigenvalue weighted by Crippen LogP contribution is -2.19. The zero-order chi connectivity index (χ0) is 19.7. The number of rotatable bonds is 5. The number of hydrogen-bond acceptors (Lipinski definition) is 6. The first kappa shape index (κ1) is 19.0. The number of aryl methyl sites for hydroxylation is 5. The highest BCUT2D eigenvalue weighted by atomic mass is 32.2. The average molecular weight is 385 g/mol. The van der Waals surface area contributed by atoms with Crippen molar-refractivity contribution >= 4 is 23.4 Å². The normalized spacial score (nSPS) is 11.0. The molecule has 3 aromatic rings. The molecule has 0 spiro atoms. The zero-order valence-corrected chi connectivity index (χ0v) is 16.9. The van der Waals surface area contributed by atoms with Crippen LogP contribution in [0.3, 0.4) is 0 Å². The fourth-order valence-electron chi connectivity index (χ4n) is 3.03. The third-order valence-corrected chi connectivity index (χ3v) is 5.06. The molecule has 0 aliphatic heterocycles. The number of carbonyl (C=O) groups excluding carboxylic acids is 1. The van der Waals surface area contributed by atoms with Crippen LogP contribution in [0.25, 0.3) is 5.95 Å². The van der Waals surface area contributed by atoms with E-state index in [9.17, 15) is 4.79 Å². The molecule has 1 aromatic carbocycles. The second kappa shape index (κ2) is 7.43. The van der Waals surface area contributed by atoms with Gasteiger partial charge < -0.3 is 11.2 Å². The molecule has 2 aromatic heterocycles. The molecule has 9 heteroatoms. The lowest BCUT2D eigenvalue weighted by atomic mass is 10.1. The van der Waals surface area contributed by atoms with Crippen LogP contribution >= 0.6 is 11.8 Å². The van der Waals surface area contributed by atoms with E-state index in [0.29, 0.717) is 11.1 Å². The summed E-state index contributed by atoms with van der Waals surface area (Å²) in [5, 5.41) is 16.0. The summed E-state index contributed by atoms with van der Waals surface area (Å²) in [6.07, 6.45) is 0. The largest absolute Gasteiger partial charge is 0.334 e. The highest BCUT2D eigenvalue weighted by Gasteiger charge is 2.16. The van der Waals surface area contributed by atoms with E-state index in [-0.39, 0.29) is 11.7 Å². The zero-order valence-electron chi connectivity index (χ0n) is 16.1. The van der Waals surface area contributed by atoms with Crippen molar-refractivity contribution in [3.63, 3.8) is 0 Å². The van der Waals surface area contributed by atoms with Crippen molar-refractivity contribution in [3.05, 3.63) is 46.3 Å². The summed E-state index contributed by atoms with van der Waals surface area (Å²) in [7, 11) is 0. The molecule has 3 N–H and O–H groups in total. The van der Waals surface area contributed by atoms with Crippen molar-refractivity contribution in [1.82, 2.24) is 24.7 Å². The number of nitrogens with two attached hydrogens (primary N) is 1. The third-order valence-electron chi connectivity index (χ3n) is 4.12. The summed E-state index contributed by atoms with van der Waals surface area (Å²) in [5.41, 5.74) is 5.88. The van der Waals surface area contributed by atoms with Crippen molar-refractivity contribution in [3.8, 4) is 5.95 Å². The van der Waals surface area contributed by atoms with Gasteiger partial charge in [0.1, 0.15) is 0 Å². The lowest BCUT2D eigenvalue weighted by molar-refractivity contribution is -0.113. The van der Waals surface area contributed by atoms with Gasteiger partial charge in [0.2, 0.25) is 11.1 Å². The first-order valence-corrected chi connectivity index (χ1v) is 9.49. The smallest absolute Gasteiger partial charge is 0.271 e. The molecular formula is C18H23N7OS. The van der Waals surface area contributed by atoms with Gasteiger partial charge in [-0.05, 0) is 51.8 Å². The van der Waals surface area contributed by atoms with E-state index in [1.165, 1.54) is 22.0 Å². The van der Waals surface area contributed by atoms with Gasteiger partial charge in [-0.3, -0.25) is 4.79 Å². The number of nitrogens with zero attached hydrogens (tertiary/aromatic N) is 5. The molecule has 1 amide bonds. The Labute approximate surface area is 162 Å². The van der Waals surface area contributed by atoms with E-state index in [2.05, 4.69) is 20.6 Å². The van der Waals surface area contributed by atoms with Gasteiger partial charge in [0, 0.05) is 11.4 Å². The second-order valence-corrected chi connectivity index (χ2v) is 7.54. The molecule has 0 fully saturated rings. The maximum absolute atomic E-state index is 12.4. The van der Waals surface area contributed by atoms with Gasteiger partial charge >= 0.3 is 0 Å². The average Bonchev–Trinajstić information content (AvgIpc) is 3.10. The quantitative estimate of drug-likeness (QED) is 0.516. The Bertz CT molecular complexity index is 982. The molecule has 0 bridgehead atoms. The number of thioether (sulfide) groups is 1. The van der Waals surface area contributed by atoms with Gasteiger partial charge in [0.15, 0.2) is 0 Å². The van der Waals surface area contributed by atoms with E-state index in [1.807, 2.05) is 52.8 Å². The minimum absolute atomic E-state index is 0.120. The van der Waals surface area contributed by atoms with E-state index in [4.69, 9.17) is 5.84 Å². The van der Waals surface area contributed by atoms with Crippen molar-refractivity contribution in [1.29, 1.82) is 0 Å². The highest BCUT2D eigenvalue weighted by Crippen LogP contribution is 2.23. The highest BCUT2D eigenvalue weighted by molar-refractivity contribution is 7.99. The molecule has 0 radical (unpaired) electrons. The molecule has 0 aliphatic carbocycles. The fourth-order valence-corrected chi connectivity index (χ4v) is 3.68. The summed E-state index contributed by atoms with van der Waals surface area (Å²) in [6, 6.07) is 6.03. The van der Waals surface area contributed by atoms with Crippen LogP contribution in [0, 0.1) is 34.6 Å². The summed E-state index contributed by atoms with van der Waals surface area (Å²) < 4.78 is 2.98. The molecule has 2 heterocycles. The van der Waals surface area contributed by atoms with Crippen LogP contribution in [0.2, 0.25) is 0 Å². The molecule has 142 valence electrons. The van der Waals surface area contributed by atoms with Crippen LogP contribution in [0.5, 0.6) is 0 Å². The SMILES string of the molecule is Cc1cc(C)c(NC(=O)CSc2nnc(-n3nc(C)cc3C)n2N)c(C)c1. The summed E-state index contributed by atoms with van der Waals surface area (Å²) in [6.45, 7) is 9.83. The van der Waals surface area contributed by atoms with Crippen molar-refractivity contribution < 1.29 is 4.79 Å². The van der Waals surface area contributed by atoms with Crippen LogP contribution < -0.4 is 11.2 Å². The van der Waals surface area contributed by atoms with E-state index >= 15 is 0 Å². The third kappa shape index (κ3) is 3.97. The van der Waals surface area contributed by atoms with E-state index < -0.39 is 0 Å². The number of hydrogen-bond donors (Lipinski definition) is 2. The molecule has 0 atom stereocenters. The number of anilines is 1. The predicted molar refractivity (Wildman–Crippen MR) is 107 cm³/mol. The van der Waals surface area contributed by atoms with Crippen LogP contribution in [-0.2, 0) is 4.79 Å². The molecule has 0 saturated carbocycles. The number of benzene rings is 1. The molecule has 0 aliphatic rings. The van der Waals surface area contributed by atoms with Crippen molar-refractivity contribution in [2.75, 3.05) is 16.9 Å². The maximum Gasteiger partial charge on any atom is 0.271 e. The Balaban J connectivity index is 1.69. The standard InChI is InChI=1S/C18H23N7OS/c1-10-6-11(2)16(12(3)7-10)20-15(26)9-27-18-22-21-17(24(18)19)25-14(5)8-13(4)23-25/h6-8H,9,19H2,1-5H3,(H,20,26). The number of amides is 1. The molecule has 3 rings (SSSR count). The van der Waals surface area contributed by atoms with Crippen LogP contribution in [0.15, 0.2) is 23.4 Å². The Morgan fingerprint density at radius 2 is 1.78 bits per heavy atom. The van der Waals surface area contributed by atoms with Crippen LogP contribution in [0.1, 0.15) is 28.1 Å². The van der Waals surface area contributed by atoms with Gasteiger partial charge in [-0.25, -0.2) is 9.36 Å². The van der Waals surface area contributed by atoms with Gasteiger partial charge in [0.25, 0.3) is 5.95 Å². The Kier molecular flexibility index (Phi) is 5.22. The second-order valence-electron chi connectivity index (χ2n) is 6.60. The molecule has 0 saturated heterocycles. The number of aromatic nitrogens is 5. The van der Waals surface area contributed by atoms with E-state index in [1.54, 1.807) is 4.68 Å².